The molecule has 3 aromatic rings. The molecular formula is C22H21BrN4O2. The van der Waals surface area contributed by atoms with Gasteiger partial charge < -0.3 is 15.0 Å². The van der Waals surface area contributed by atoms with Gasteiger partial charge in [0, 0.05) is 28.8 Å². The van der Waals surface area contributed by atoms with Gasteiger partial charge in [0.1, 0.15) is 0 Å². The third kappa shape index (κ3) is 5.19. The van der Waals surface area contributed by atoms with Gasteiger partial charge in [0.15, 0.2) is 5.82 Å². The number of morpholine rings is 1. The monoisotopic (exact) mass is 452 g/mol. The number of ether oxygens (including phenoxy) is 1. The maximum Gasteiger partial charge on any atom is 0.228 e. The number of benzene rings is 2. The van der Waals surface area contributed by atoms with Gasteiger partial charge in [0.25, 0.3) is 0 Å². The predicted molar refractivity (Wildman–Crippen MR) is 117 cm³/mol. The summed E-state index contributed by atoms with van der Waals surface area (Å²) in [4.78, 5) is 14.5. The Balaban J connectivity index is 1.42. The lowest BCUT2D eigenvalue weighted by Gasteiger charge is -2.27. The zero-order chi connectivity index (χ0) is 20.1. The third-order valence-corrected chi connectivity index (χ3v) is 5.23. The van der Waals surface area contributed by atoms with Crippen LogP contribution in [0.5, 0.6) is 0 Å². The van der Waals surface area contributed by atoms with Gasteiger partial charge >= 0.3 is 0 Å². The number of nitrogens with one attached hydrogen (secondary N) is 1. The minimum absolute atomic E-state index is 0.0572. The molecule has 1 aromatic heterocycles. The summed E-state index contributed by atoms with van der Waals surface area (Å²) in [6, 6.07) is 19.3. The fourth-order valence-corrected chi connectivity index (χ4v) is 3.45. The maximum absolute atomic E-state index is 12.4. The normalized spacial score (nSPS) is 13.9. The Morgan fingerprint density at radius 2 is 1.83 bits per heavy atom. The number of carbonyl (C=O) groups excluding carboxylic acids is 1. The molecule has 1 N–H and O–H groups in total. The van der Waals surface area contributed by atoms with E-state index in [9.17, 15) is 4.79 Å². The smallest absolute Gasteiger partial charge is 0.228 e. The Morgan fingerprint density at radius 3 is 2.55 bits per heavy atom. The van der Waals surface area contributed by atoms with Gasteiger partial charge in [-0.2, -0.15) is 0 Å². The van der Waals surface area contributed by atoms with Crippen LogP contribution in [0.1, 0.15) is 5.56 Å². The van der Waals surface area contributed by atoms with E-state index in [0.29, 0.717) is 19.6 Å². The summed E-state index contributed by atoms with van der Waals surface area (Å²) in [5.41, 5.74) is 3.38. The van der Waals surface area contributed by atoms with Crippen LogP contribution in [-0.2, 0) is 16.0 Å². The molecule has 6 nitrogen and oxygen atoms in total. The molecule has 1 aliphatic heterocycles. The van der Waals surface area contributed by atoms with Crippen molar-refractivity contribution in [1.82, 2.24) is 10.2 Å². The molecule has 2 heterocycles. The van der Waals surface area contributed by atoms with E-state index in [4.69, 9.17) is 4.74 Å². The predicted octanol–water partition coefficient (Wildman–Crippen LogP) is 3.92. The Morgan fingerprint density at radius 1 is 1.03 bits per heavy atom. The van der Waals surface area contributed by atoms with Crippen LogP contribution in [0.25, 0.3) is 11.3 Å². The highest BCUT2D eigenvalue weighted by Gasteiger charge is 2.13. The molecule has 0 bridgehead atoms. The topological polar surface area (TPSA) is 67.4 Å². The summed E-state index contributed by atoms with van der Waals surface area (Å²) in [6.45, 7) is 3.08. The molecule has 0 radical (unpaired) electrons. The largest absolute Gasteiger partial charge is 0.378 e. The van der Waals surface area contributed by atoms with Crippen LogP contribution in [0.4, 0.5) is 11.5 Å². The van der Waals surface area contributed by atoms with Crippen molar-refractivity contribution in [2.45, 2.75) is 6.42 Å². The van der Waals surface area contributed by atoms with Crippen LogP contribution < -0.4 is 10.2 Å². The van der Waals surface area contributed by atoms with Crippen molar-refractivity contribution in [1.29, 1.82) is 0 Å². The maximum atomic E-state index is 12.4. The van der Waals surface area contributed by atoms with Crippen molar-refractivity contribution in [2.24, 2.45) is 0 Å². The standard InChI is InChI=1S/C22H21BrN4O2/c23-18-6-4-16(5-7-18)14-22(28)24-19-3-1-2-17(15-19)20-8-9-21(26-25-20)27-10-12-29-13-11-27/h1-9,15H,10-14H2,(H,24,28). The lowest BCUT2D eigenvalue weighted by atomic mass is 10.1. The zero-order valence-corrected chi connectivity index (χ0v) is 17.4. The van der Waals surface area contributed by atoms with Crippen molar-refractivity contribution >= 4 is 33.3 Å². The second kappa shape index (κ2) is 9.15. The van der Waals surface area contributed by atoms with Gasteiger partial charge in [0.2, 0.25) is 5.91 Å². The number of hydrogen-bond donors (Lipinski definition) is 1. The van der Waals surface area contributed by atoms with Crippen LogP contribution in [0.3, 0.4) is 0 Å². The average Bonchev–Trinajstić information content (AvgIpc) is 2.76. The summed E-state index contributed by atoms with van der Waals surface area (Å²) in [5.74, 6) is 0.800. The Hall–Kier alpha value is -2.77. The molecule has 29 heavy (non-hydrogen) atoms. The highest BCUT2D eigenvalue weighted by Crippen LogP contribution is 2.22. The molecule has 2 aromatic carbocycles. The van der Waals surface area contributed by atoms with Gasteiger partial charge in [-0.05, 0) is 42.0 Å². The summed E-state index contributed by atoms with van der Waals surface area (Å²) in [6.07, 6.45) is 0.325. The second-order valence-corrected chi connectivity index (χ2v) is 7.72. The Labute approximate surface area is 178 Å². The molecule has 1 amide bonds. The highest BCUT2D eigenvalue weighted by atomic mass is 79.9. The molecule has 0 saturated carbocycles. The van der Waals surface area contributed by atoms with Crippen molar-refractivity contribution in [3.63, 3.8) is 0 Å². The van der Waals surface area contributed by atoms with Gasteiger partial charge in [-0.1, -0.05) is 40.2 Å². The van der Waals surface area contributed by atoms with Crippen molar-refractivity contribution in [2.75, 3.05) is 36.5 Å². The van der Waals surface area contributed by atoms with Crippen LogP contribution in [0, 0.1) is 0 Å². The van der Waals surface area contributed by atoms with Crippen LogP contribution in [0.2, 0.25) is 0 Å². The van der Waals surface area contributed by atoms with Gasteiger partial charge in [-0.15, -0.1) is 10.2 Å². The van der Waals surface area contributed by atoms with Crippen LogP contribution in [-0.4, -0.2) is 42.4 Å². The molecule has 7 heteroatoms. The van der Waals surface area contributed by atoms with E-state index in [0.717, 1.165) is 45.9 Å². The summed E-state index contributed by atoms with van der Waals surface area (Å²) in [5, 5.41) is 11.7. The third-order valence-electron chi connectivity index (χ3n) is 4.71. The van der Waals surface area contributed by atoms with Crippen LogP contribution in [0.15, 0.2) is 65.1 Å². The number of amides is 1. The highest BCUT2D eigenvalue weighted by molar-refractivity contribution is 9.10. The number of aromatic nitrogens is 2. The molecule has 0 aliphatic carbocycles. The van der Waals surface area contributed by atoms with E-state index >= 15 is 0 Å². The first-order chi connectivity index (χ1) is 14.2. The number of rotatable bonds is 5. The minimum atomic E-state index is -0.0572. The van der Waals surface area contributed by atoms with Crippen molar-refractivity contribution in [3.05, 3.63) is 70.7 Å². The zero-order valence-electron chi connectivity index (χ0n) is 15.8. The average molecular weight is 453 g/mol. The van der Waals surface area contributed by atoms with E-state index in [1.165, 1.54) is 0 Å². The van der Waals surface area contributed by atoms with Crippen LogP contribution >= 0.6 is 15.9 Å². The molecule has 0 atom stereocenters. The fraction of sp³-hybridized carbons (Fsp3) is 0.227. The molecule has 1 aliphatic rings. The SMILES string of the molecule is O=C(Cc1ccc(Br)cc1)Nc1cccc(-c2ccc(N3CCOCC3)nn2)c1. The Kier molecular flexibility index (Phi) is 6.17. The molecule has 148 valence electrons. The quantitative estimate of drug-likeness (QED) is 0.635. The molecule has 0 unspecified atom stereocenters. The summed E-state index contributed by atoms with van der Waals surface area (Å²) in [7, 11) is 0. The molecule has 1 fully saturated rings. The number of nitrogens with zero attached hydrogens (tertiary/aromatic N) is 3. The fourth-order valence-electron chi connectivity index (χ4n) is 3.19. The van der Waals surface area contributed by atoms with E-state index in [1.807, 2.05) is 60.7 Å². The van der Waals surface area contributed by atoms with Gasteiger partial charge in [0.05, 0.1) is 25.3 Å². The number of halogens is 1. The van der Waals surface area contributed by atoms with E-state index < -0.39 is 0 Å². The minimum Gasteiger partial charge on any atom is -0.378 e. The first kappa shape index (κ1) is 19.5. The molecule has 1 saturated heterocycles. The molecule has 0 spiro atoms. The van der Waals surface area contributed by atoms with Gasteiger partial charge in [-0.25, -0.2) is 0 Å². The van der Waals surface area contributed by atoms with E-state index in [2.05, 4.69) is 36.3 Å². The van der Waals surface area contributed by atoms with E-state index in [-0.39, 0.29) is 5.91 Å². The first-order valence-electron chi connectivity index (χ1n) is 9.48. The first-order valence-corrected chi connectivity index (χ1v) is 10.3. The lowest BCUT2D eigenvalue weighted by Crippen LogP contribution is -2.36. The number of anilines is 2. The summed E-state index contributed by atoms with van der Waals surface area (Å²) < 4.78 is 6.37. The van der Waals surface area contributed by atoms with Crippen molar-refractivity contribution in [3.8, 4) is 11.3 Å². The second-order valence-electron chi connectivity index (χ2n) is 6.81. The van der Waals surface area contributed by atoms with Crippen molar-refractivity contribution < 1.29 is 9.53 Å². The van der Waals surface area contributed by atoms with Gasteiger partial charge in [-0.3, -0.25) is 4.79 Å². The Bertz CT molecular complexity index is 971. The van der Waals surface area contributed by atoms with E-state index in [1.54, 1.807) is 0 Å². The number of carbonyl (C=O) groups is 1. The number of hydrogen-bond acceptors (Lipinski definition) is 5. The molecular weight excluding hydrogens is 432 g/mol. The lowest BCUT2D eigenvalue weighted by molar-refractivity contribution is -0.115. The summed E-state index contributed by atoms with van der Waals surface area (Å²) >= 11 is 3.40. The molecule has 4 rings (SSSR count).